The Morgan fingerprint density at radius 2 is 1.87 bits per heavy atom. The standard InChI is InChI=1S/C19H18N2OS/c22-18-10-11-23-19(21(18)13-14-6-2-1-3-7-14)16-12-20-17-9-5-4-8-15(16)17/h1-9,12,19-20H,10-11,13H2. The zero-order chi connectivity index (χ0) is 15.6. The molecule has 1 amide bonds. The molecule has 3 aromatic rings. The molecule has 1 fully saturated rings. The minimum Gasteiger partial charge on any atom is -0.361 e. The maximum absolute atomic E-state index is 12.5. The van der Waals surface area contributed by atoms with E-state index in [1.54, 1.807) is 0 Å². The molecule has 1 saturated heterocycles. The lowest BCUT2D eigenvalue weighted by Gasteiger charge is -2.35. The molecule has 116 valence electrons. The van der Waals surface area contributed by atoms with Gasteiger partial charge in [-0.3, -0.25) is 4.79 Å². The number of para-hydroxylation sites is 1. The Morgan fingerprint density at radius 1 is 1.09 bits per heavy atom. The van der Waals surface area contributed by atoms with Crippen LogP contribution in [0.2, 0.25) is 0 Å². The molecule has 0 spiro atoms. The molecule has 23 heavy (non-hydrogen) atoms. The van der Waals surface area contributed by atoms with Crippen LogP contribution in [0.1, 0.15) is 22.9 Å². The van der Waals surface area contributed by atoms with Crippen LogP contribution in [0.25, 0.3) is 10.9 Å². The maximum atomic E-state index is 12.5. The fourth-order valence-electron chi connectivity index (χ4n) is 3.13. The summed E-state index contributed by atoms with van der Waals surface area (Å²) in [6.45, 7) is 0.664. The van der Waals surface area contributed by atoms with Gasteiger partial charge in [0.25, 0.3) is 0 Å². The van der Waals surface area contributed by atoms with E-state index in [0.29, 0.717) is 13.0 Å². The van der Waals surface area contributed by atoms with Crippen molar-refractivity contribution in [1.82, 2.24) is 9.88 Å². The quantitative estimate of drug-likeness (QED) is 0.779. The molecule has 1 atom stereocenters. The van der Waals surface area contributed by atoms with Gasteiger partial charge in [-0.2, -0.15) is 0 Å². The summed E-state index contributed by atoms with van der Waals surface area (Å²) >= 11 is 1.85. The first-order valence-corrected chi connectivity index (χ1v) is 8.89. The van der Waals surface area contributed by atoms with Crippen molar-refractivity contribution >= 4 is 28.6 Å². The molecule has 1 N–H and O–H groups in total. The van der Waals surface area contributed by atoms with Crippen molar-refractivity contribution < 1.29 is 4.79 Å². The lowest BCUT2D eigenvalue weighted by molar-refractivity contribution is -0.132. The Bertz CT molecular complexity index is 828. The fraction of sp³-hybridized carbons (Fsp3) is 0.211. The van der Waals surface area contributed by atoms with Gasteiger partial charge < -0.3 is 9.88 Å². The molecule has 1 aliphatic rings. The summed E-state index contributed by atoms with van der Waals surface area (Å²) in [6.07, 6.45) is 2.68. The van der Waals surface area contributed by atoms with E-state index in [4.69, 9.17) is 0 Å². The van der Waals surface area contributed by atoms with Gasteiger partial charge in [-0.15, -0.1) is 11.8 Å². The van der Waals surface area contributed by atoms with Crippen molar-refractivity contribution in [2.45, 2.75) is 18.3 Å². The fourth-order valence-corrected chi connectivity index (χ4v) is 4.39. The summed E-state index contributed by atoms with van der Waals surface area (Å²) in [4.78, 5) is 17.9. The molecule has 4 rings (SSSR count). The van der Waals surface area contributed by atoms with Crippen LogP contribution in [0.4, 0.5) is 0 Å². The number of nitrogens with zero attached hydrogens (tertiary/aromatic N) is 1. The average Bonchev–Trinajstić information content (AvgIpc) is 3.02. The number of thioether (sulfide) groups is 1. The number of hydrogen-bond acceptors (Lipinski definition) is 2. The predicted molar refractivity (Wildman–Crippen MR) is 95.1 cm³/mol. The maximum Gasteiger partial charge on any atom is 0.224 e. The number of benzene rings is 2. The van der Waals surface area contributed by atoms with Crippen molar-refractivity contribution in [2.24, 2.45) is 0 Å². The van der Waals surface area contributed by atoms with Crippen LogP contribution in [0.5, 0.6) is 0 Å². The van der Waals surface area contributed by atoms with Crippen molar-refractivity contribution in [3.05, 3.63) is 71.9 Å². The van der Waals surface area contributed by atoms with Crippen molar-refractivity contribution in [3.8, 4) is 0 Å². The second kappa shape index (κ2) is 6.13. The second-order valence-electron chi connectivity index (χ2n) is 5.77. The van der Waals surface area contributed by atoms with Gasteiger partial charge in [0.2, 0.25) is 5.91 Å². The van der Waals surface area contributed by atoms with Gasteiger partial charge in [-0.1, -0.05) is 48.5 Å². The largest absolute Gasteiger partial charge is 0.361 e. The van der Waals surface area contributed by atoms with Crippen LogP contribution >= 0.6 is 11.8 Å². The van der Waals surface area contributed by atoms with Crippen LogP contribution in [0.3, 0.4) is 0 Å². The molecule has 0 radical (unpaired) electrons. The highest BCUT2D eigenvalue weighted by Crippen LogP contribution is 2.41. The summed E-state index contributed by atoms with van der Waals surface area (Å²) in [6, 6.07) is 18.5. The third kappa shape index (κ3) is 2.75. The van der Waals surface area contributed by atoms with E-state index in [9.17, 15) is 4.79 Å². The molecule has 0 bridgehead atoms. The van der Waals surface area contributed by atoms with Crippen LogP contribution in [-0.4, -0.2) is 21.5 Å². The number of rotatable bonds is 3. The summed E-state index contributed by atoms with van der Waals surface area (Å²) in [5.41, 5.74) is 3.50. The van der Waals surface area contributed by atoms with Crippen molar-refractivity contribution in [3.63, 3.8) is 0 Å². The van der Waals surface area contributed by atoms with E-state index in [-0.39, 0.29) is 11.3 Å². The molecular weight excluding hydrogens is 304 g/mol. The number of carbonyl (C=O) groups excluding carboxylic acids is 1. The smallest absolute Gasteiger partial charge is 0.224 e. The Balaban J connectivity index is 1.71. The highest BCUT2D eigenvalue weighted by molar-refractivity contribution is 7.99. The Kier molecular flexibility index (Phi) is 3.83. The molecule has 2 heterocycles. The second-order valence-corrected chi connectivity index (χ2v) is 6.96. The van der Waals surface area contributed by atoms with Crippen LogP contribution < -0.4 is 0 Å². The lowest BCUT2D eigenvalue weighted by Crippen LogP contribution is -2.36. The molecule has 3 nitrogen and oxygen atoms in total. The molecule has 1 unspecified atom stereocenters. The molecule has 0 saturated carbocycles. The van der Waals surface area contributed by atoms with Gasteiger partial charge in [0.1, 0.15) is 5.37 Å². The number of aromatic nitrogens is 1. The van der Waals surface area contributed by atoms with E-state index < -0.39 is 0 Å². The van der Waals surface area contributed by atoms with E-state index in [0.717, 1.165) is 11.3 Å². The third-order valence-corrected chi connectivity index (χ3v) is 5.54. The molecule has 2 aromatic carbocycles. The van der Waals surface area contributed by atoms with Gasteiger partial charge in [0.15, 0.2) is 0 Å². The van der Waals surface area contributed by atoms with E-state index >= 15 is 0 Å². The SMILES string of the molecule is O=C1CCSC(c2c[nH]c3ccccc23)N1Cc1ccccc1. The molecule has 1 aromatic heterocycles. The monoisotopic (exact) mass is 322 g/mol. The summed E-state index contributed by atoms with van der Waals surface area (Å²) in [5, 5.41) is 1.28. The zero-order valence-electron chi connectivity index (χ0n) is 12.7. The number of fused-ring (bicyclic) bond motifs is 1. The van der Waals surface area contributed by atoms with Gasteiger partial charge >= 0.3 is 0 Å². The van der Waals surface area contributed by atoms with Crippen LogP contribution in [-0.2, 0) is 11.3 Å². The first-order chi connectivity index (χ1) is 11.3. The zero-order valence-corrected chi connectivity index (χ0v) is 13.6. The first kappa shape index (κ1) is 14.4. The van der Waals surface area contributed by atoms with Crippen molar-refractivity contribution in [2.75, 3.05) is 5.75 Å². The van der Waals surface area contributed by atoms with Crippen LogP contribution in [0, 0.1) is 0 Å². The summed E-state index contributed by atoms with van der Waals surface area (Å²) in [7, 11) is 0. The van der Waals surface area contributed by atoms with Gasteiger partial charge in [0.05, 0.1) is 0 Å². The van der Waals surface area contributed by atoms with Gasteiger partial charge in [0, 0.05) is 41.4 Å². The highest BCUT2D eigenvalue weighted by atomic mass is 32.2. The third-order valence-electron chi connectivity index (χ3n) is 4.28. The molecule has 0 aliphatic carbocycles. The summed E-state index contributed by atoms with van der Waals surface area (Å²) < 4.78 is 0. The molecular formula is C19H18N2OS. The van der Waals surface area contributed by atoms with Crippen LogP contribution in [0.15, 0.2) is 60.8 Å². The molecule has 4 heteroatoms. The van der Waals surface area contributed by atoms with Gasteiger partial charge in [-0.25, -0.2) is 0 Å². The van der Waals surface area contributed by atoms with Gasteiger partial charge in [-0.05, 0) is 11.6 Å². The van der Waals surface area contributed by atoms with Crippen molar-refractivity contribution in [1.29, 1.82) is 0 Å². The van der Waals surface area contributed by atoms with E-state index in [1.165, 1.54) is 16.5 Å². The Morgan fingerprint density at radius 3 is 2.74 bits per heavy atom. The number of amides is 1. The normalized spacial score (nSPS) is 18.5. The number of H-pyrrole nitrogens is 1. The highest BCUT2D eigenvalue weighted by Gasteiger charge is 2.31. The predicted octanol–water partition coefficient (Wildman–Crippen LogP) is 4.33. The van der Waals surface area contributed by atoms with E-state index in [2.05, 4.69) is 41.5 Å². The minimum atomic E-state index is 0.0765. The Labute approximate surface area is 139 Å². The number of hydrogen-bond donors (Lipinski definition) is 1. The number of nitrogens with one attached hydrogen (secondary N) is 1. The summed E-state index contributed by atoms with van der Waals surface area (Å²) in [5.74, 6) is 1.12. The average molecular weight is 322 g/mol. The first-order valence-electron chi connectivity index (χ1n) is 7.84. The van der Waals surface area contributed by atoms with E-state index in [1.807, 2.05) is 40.9 Å². The number of aromatic amines is 1. The lowest BCUT2D eigenvalue weighted by atomic mass is 10.1. The minimum absolute atomic E-state index is 0.0765. The Hall–Kier alpha value is -2.20. The number of carbonyl (C=O) groups is 1. The molecule has 1 aliphatic heterocycles. The topological polar surface area (TPSA) is 36.1 Å².